The van der Waals surface area contributed by atoms with Crippen LogP contribution in [0.15, 0.2) is 54.6 Å². The Morgan fingerprint density at radius 3 is 2.19 bits per heavy atom. The van der Waals surface area contributed by atoms with Gasteiger partial charge in [-0.1, -0.05) is 30.3 Å². The second kappa shape index (κ2) is 8.46. The van der Waals surface area contributed by atoms with Crippen LogP contribution in [0.1, 0.15) is 11.4 Å². The second-order valence-electron chi connectivity index (χ2n) is 7.02. The molecule has 1 saturated heterocycles. The van der Waals surface area contributed by atoms with E-state index in [0.29, 0.717) is 0 Å². The molecule has 0 unspecified atom stereocenters. The molecular formula is C22H26N4O. The van der Waals surface area contributed by atoms with Gasteiger partial charge in [0.1, 0.15) is 12.4 Å². The molecule has 0 saturated carbocycles. The van der Waals surface area contributed by atoms with Gasteiger partial charge in [-0.25, -0.2) is 9.97 Å². The summed E-state index contributed by atoms with van der Waals surface area (Å²) in [6, 6.07) is 18.1. The van der Waals surface area contributed by atoms with Gasteiger partial charge in [0.2, 0.25) is 0 Å². The summed E-state index contributed by atoms with van der Waals surface area (Å²) in [7, 11) is 0. The molecule has 140 valence electrons. The number of hydrogen-bond donors (Lipinski definition) is 0. The van der Waals surface area contributed by atoms with Crippen LogP contribution in [0.3, 0.4) is 0 Å². The van der Waals surface area contributed by atoms with Gasteiger partial charge >= 0.3 is 0 Å². The molecule has 1 aromatic heterocycles. The largest absolute Gasteiger partial charge is 0.492 e. The van der Waals surface area contributed by atoms with E-state index in [-0.39, 0.29) is 0 Å². The summed E-state index contributed by atoms with van der Waals surface area (Å²) < 4.78 is 5.81. The number of piperazine rings is 1. The summed E-state index contributed by atoms with van der Waals surface area (Å²) in [5.74, 6) is 0.946. The number of benzene rings is 2. The first kappa shape index (κ1) is 17.9. The highest BCUT2D eigenvalue weighted by Crippen LogP contribution is 2.15. The Bertz CT molecular complexity index is 876. The van der Waals surface area contributed by atoms with Gasteiger partial charge in [0.05, 0.1) is 22.4 Å². The van der Waals surface area contributed by atoms with Crippen molar-refractivity contribution in [1.29, 1.82) is 0 Å². The molecule has 2 aromatic carbocycles. The molecule has 5 heteroatoms. The first-order valence-electron chi connectivity index (χ1n) is 9.63. The lowest BCUT2D eigenvalue weighted by Gasteiger charge is -2.34. The third-order valence-corrected chi connectivity index (χ3v) is 5.10. The normalized spacial score (nSPS) is 15.9. The third kappa shape index (κ3) is 4.62. The summed E-state index contributed by atoms with van der Waals surface area (Å²) in [4.78, 5) is 14.5. The van der Waals surface area contributed by atoms with E-state index in [1.807, 2.05) is 54.6 Å². The van der Waals surface area contributed by atoms with Crippen LogP contribution >= 0.6 is 0 Å². The summed E-state index contributed by atoms with van der Waals surface area (Å²) in [6.45, 7) is 8.88. The zero-order chi connectivity index (χ0) is 18.5. The summed E-state index contributed by atoms with van der Waals surface area (Å²) in [6.07, 6.45) is 0. The number of hydrogen-bond acceptors (Lipinski definition) is 5. The van der Waals surface area contributed by atoms with Crippen molar-refractivity contribution in [2.45, 2.75) is 13.5 Å². The van der Waals surface area contributed by atoms with Crippen LogP contribution in [0.5, 0.6) is 5.75 Å². The molecule has 0 atom stereocenters. The van der Waals surface area contributed by atoms with Crippen molar-refractivity contribution in [1.82, 2.24) is 19.8 Å². The van der Waals surface area contributed by atoms with E-state index in [1.54, 1.807) is 0 Å². The van der Waals surface area contributed by atoms with Crippen LogP contribution in [-0.2, 0) is 6.54 Å². The first-order chi connectivity index (χ1) is 13.3. The predicted octanol–water partition coefficient (Wildman–Crippen LogP) is 3.13. The number of rotatable bonds is 6. The highest BCUT2D eigenvalue weighted by atomic mass is 16.5. The van der Waals surface area contributed by atoms with E-state index in [0.717, 1.165) is 74.0 Å². The molecule has 1 aliphatic rings. The maximum absolute atomic E-state index is 5.81. The van der Waals surface area contributed by atoms with Crippen LogP contribution in [0.2, 0.25) is 0 Å². The average molecular weight is 362 g/mol. The maximum Gasteiger partial charge on any atom is 0.119 e. The Morgan fingerprint density at radius 1 is 0.815 bits per heavy atom. The van der Waals surface area contributed by atoms with Gasteiger partial charge in [0.15, 0.2) is 0 Å². The molecule has 0 radical (unpaired) electrons. The summed E-state index contributed by atoms with van der Waals surface area (Å²) >= 11 is 0. The van der Waals surface area contributed by atoms with Gasteiger partial charge in [-0.2, -0.15) is 0 Å². The van der Waals surface area contributed by atoms with E-state index < -0.39 is 0 Å². The lowest BCUT2D eigenvalue weighted by molar-refractivity contribution is 0.111. The minimum absolute atomic E-state index is 0.735. The van der Waals surface area contributed by atoms with Crippen LogP contribution < -0.4 is 4.74 Å². The van der Waals surface area contributed by atoms with Gasteiger partial charge in [-0.3, -0.25) is 9.80 Å². The third-order valence-electron chi connectivity index (χ3n) is 5.10. The Morgan fingerprint density at radius 2 is 1.44 bits per heavy atom. The zero-order valence-corrected chi connectivity index (χ0v) is 15.8. The maximum atomic E-state index is 5.81. The topological polar surface area (TPSA) is 41.5 Å². The number of aryl methyl sites for hydroxylation is 1. The fourth-order valence-electron chi connectivity index (χ4n) is 3.47. The van der Waals surface area contributed by atoms with Crippen molar-refractivity contribution < 1.29 is 4.74 Å². The molecular weight excluding hydrogens is 336 g/mol. The molecule has 0 amide bonds. The molecule has 0 spiro atoms. The number of nitrogens with zero attached hydrogens (tertiary/aromatic N) is 4. The molecule has 5 nitrogen and oxygen atoms in total. The van der Waals surface area contributed by atoms with Gasteiger partial charge in [-0.05, 0) is 31.2 Å². The van der Waals surface area contributed by atoms with Gasteiger partial charge in [0.25, 0.3) is 0 Å². The van der Waals surface area contributed by atoms with E-state index in [2.05, 4.69) is 16.7 Å². The molecule has 4 rings (SSSR count). The van der Waals surface area contributed by atoms with E-state index in [4.69, 9.17) is 14.7 Å². The van der Waals surface area contributed by atoms with Crippen molar-refractivity contribution in [3.05, 3.63) is 66.0 Å². The standard InChI is InChI=1S/C22H26N4O/c1-18-22(24-21-10-6-5-9-20(21)23-18)17-26-13-11-25(12-14-26)15-16-27-19-7-3-2-4-8-19/h2-10H,11-17H2,1H3. The Kier molecular flexibility index (Phi) is 5.61. The molecule has 0 N–H and O–H groups in total. The smallest absolute Gasteiger partial charge is 0.119 e. The summed E-state index contributed by atoms with van der Waals surface area (Å²) in [5, 5.41) is 0. The lowest BCUT2D eigenvalue weighted by Crippen LogP contribution is -2.47. The van der Waals surface area contributed by atoms with Crippen molar-refractivity contribution in [3.63, 3.8) is 0 Å². The summed E-state index contributed by atoms with van der Waals surface area (Å²) in [5.41, 5.74) is 4.08. The van der Waals surface area contributed by atoms with Crippen molar-refractivity contribution in [2.24, 2.45) is 0 Å². The molecule has 27 heavy (non-hydrogen) atoms. The number of ether oxygens (including phenoxy) is 1. The molecule has 1 fully saturated rings. The quantitative estimate of drug-likeness (QED) is 0.674. The minimum Gasteiger partial charge on any atom is -0.492 e. The molecule has 0 bridgehead atoms. The Hall–Kier alpha value is -2.50. The van der Waals surface area contributed by atoms with Crippen LogP contribution in [0.4, 0.5) is 0 Å². The van der Waals surface area contributed by atoms with E-state index >= 15 is 0 Å². The first-order valence-corrected chi connectivity index (χ1v) is 9.63. The van der Waals surface area contributed by atoms with Gasteiger partial charge in [0, 0.05) is 39.3 Å². The number of fused-ring (bicyclic) bond motifs is 1. The molecule has 0 aliphatic carbocycles. The molecule has 1 aliphatic heterocycles. The fraction of sp³-hybridized carbons (Fsp3) is 0.364. The predicted molar refractivity (Wildman–Crippen MR) is 108 cm³/mol. The zero-order valence-electron chi connectivity index (χ0n) is 15.8. The van der Waals surface area contributed by atoms with Crippen molar-refractivity contribution >= 4 is 11.0 Å². The average Bonchev–Trinajstić information content (AvgIpc) is 2.71. The highest BCUT2D eigenvalue weighted by Gasteiger charge is 2.18. The van der Waals surface area contributed by atoms with Crippen LogP contribution in [0.25, 0.3) is 11.0 Å². The SMILES string of the molecule is Cc1nc2ccccc2nc1CN1CCN(CCOc2ccccc2)CC1. The van der Waals surface area contributed by atoms with Gasteiger partial charge in [-0.15, -0.1) is 0 Å². The molecule has 3 aromatic rings. The highest BCUT2D eigenvalue weighted by molar-refractivity contribution is 5.74. The van der Waals surface area contributed by atoms with Crippen LogP contribution in [0, 0.1) is 6.92 Å². The number of aromatic nitrogens is 2. The monoisotopic (exact) mass is 362 g/mol. The number of para-hydroxylation sites is 3. The second-order valence-corrected chi connectivity index (χ2v) is 7.02. The Balaban J connectivity index is 1.26. The van der Waals surface area contributed by atoms with Crippen molar-refractivity contribution in [2.75, 3.05) is 39.3 Å². The van der Waals surface area contributed by atoms with Crippen LogP contribution in [-0.4, -0.2) is 59.1 Å². The lowest BCUT2D eigenvalue weighted by atomic mass is 10.2. The fourth-order valence-corrected chi connectivity index (χ4v) is 3.47. The van der Waals surface area contributed by atoms with Crippen molar-refractivity contribution in [3.8, 4) is 5.75 Å². The Labute approximate surface area is 160 Å². The van der Waals surface area contributed by atoms with Gasteiger partial charge < -0.3 is 4.74 Å². The molecule has 2 heterocycles. The van der Waals surface area contributed by atoms with E-state index in [1.165, 1.54) is 0 Å². The van der Waals surface area contributed by atoms with E-state index in [9.17, 15) is 0 Å². The minimum atomic E-state index is 0.735.